The van der Waals surface area contributed by atoms with Gasteiger partial charge in [0.2, 0.25) is 0 Å². The Balaban J connectivity index is 1.74. The summed E-state index contributed by atoms with van der Waals surface area (Å²) in [4.78, 5) is 30.7. The number of nitrogens with zero attached hydrogens (tertiary/aromatic N) is 1. The van der Waals surface area contributed by atoms with Gasteiger partial charge in [0.15, 0.2) is 0 Å². The number of pyridine rings is 1. The molecule has 26 heavy (non-hydrogen) atoms. The first-order valence-electron chi connectivity index (χ1n) is 8.09. The average molecular weight is 350 g/mol. The largest absolute Gasteiger partial charge is 0.465 e. The van der Waals surface area contributed by atoms with Crippen molar-refractivity contribution in [3.05, 3.63) is 71.8 Å². The Kier molecular flexibility index (Phi) is 5.28. The smallest absolute Gasteiger partial charge is 0.409 e. The van der Waals surface area contributed by atoms with E-state index in [9.17, 15) is 9.59 Å². The van der Waals surface area contributed by atoms with Gasteiger partial charge >= 0.3 is 6.09 Å². The summed E-state index contributed by atoms with van der Waals surface area (Å²) in [6.07, 6.45) is 4.19. The first-order valence-corrected chi connectivity index (χ1v) is 8.09. The zero-order valence-electron chi connectivity index (χ0n) is 13.9. The van der Waals surface area contributed by atoms with Crippen LogP contribution >= 0.6 is 0 Å². The first-order chi connectivity index (χ1) is 12.6. The van der Waals surface area contributed by atoms with Crippen LogP contribution in [0.4, 0.5) is 4.79 Å². The van der Waals surface area contributed by atoms with Crippen LogP contribution in [0.15, 0.2) is 60.6 Å². The van der Waals surface area contributed by atoms with E-state index in [1.54, 1.807) is 12.4 Å². The van der Waals surface area contributed by atoms with Gasteiger partial charge in [-0.15, -0.1) is 0 Å². The van der Waals surface area contributed by atoms with Crippen LogP contribution in [0.2, 0.25) is 0 Å². The molecule has 2 amide bonds. The van der Waals surface area contributed by atoms with Gasteiger partial charge in [-0.2, -0.15) is 0 Å². The number of carbonyl (C=O) groups excluding carboxylic acids is 1. The predicted molar refractivity (Wildman–Crippen MR) is 98.4 cm³/mol. The lowest BCUT2D eigenvalue weighted by Gasteiger charge is -2.08. The highest BCUT2D eigenvalue weighted by atomic mass is 16.4. The average Bonchev–Trinajstić information content (AvgIpc) is 3.05. The fourth-order valence-corrected chi connectivity index (χ4v) is 2.59. The molecule has 0 spiro atoms. The molecule has 7 nitrogen and oxygen atoms in total. The quantitative estimate of drug-likeness (QED) is 0.512. The SMILES string of the molecule is O=C(O)N/C(=C/c1c[nH]c2ccccc12)C(=O)NCCc1ccccn1. The van der Waals surface area contributed by atoms with Crippen molar-refractivity contribution >= 4 is 29.0 Å². The molecule has 7 heteroatoms. The van der Waals surface area contributed by atoms with Crippen molar-refractivity contribution in [3.8, 4) is 0 Å². The second kappa shape index (κ2) is 7.98. The maximum atomic E-state index is 12.4. The highest BCUT2D eigenvalue weighted by Gasteiger charge is 2.13. The Morgan fingerprint density at radius 3 is 2.73 bits per heavy atom. The lowest BCUT2D eigenvalue weighted by Crippen LogP contribution is -2.35. The van der Waals surface area contributed by atoms with E-state index in [1.807, 2.05) is 42.5 Å². The van der Waals surface area contributed by atoms with Crippen molar-refractivity contribution in [1.29, 1.82) is 0 Å². The van der Waals surface area contributed by atoms with Gasteiger partial charge in [-0.25, -0.2) is 4.79 Å². The minimum Gasteiger partial charge on any atom is -0.465 e. The molecule has 0 aliphatic carbocycles. The number of hydrogen-bond donors (Lipinski definition) is 4. The molecule has 0 fully saturated rings. The summed E-state index contributed by atoms with van der Waals surface area (Å²) in [5.41, 5.74) is 2.44. The summed E-state index contributed by atoms with van der Waals surface area (Å²) >= 11 is 0. The fraction of sp³-hybridized carbons (Fsp3) is 0.105. The molecule has 0 atom stereocenters. The number of nitrogens with one attached hydrogen (secondary N) is 3. The molecule has 132 valence electrons. The van der Waals surface area contributed by atoms with Crippen LogP contribution < -0.4 is 10.6 Å². The van der Waals surface area contributed by atoms with Crippen molar-refractivity contribution < 1.29 is 14.7 Å². The normalized spacial score (nSPS) is 11.3. The summed E-state index contributed by atoms with van der Waals surface area (Å²) in [5, 5.41) is 14.8. The van der Waals surface area contributed by atoms with Gasteiger partial charge in [0, 0.05) is 47.5 Å². The van der Waals surface area contributed by atoms with Crippen LogP contribution in [-0.4, -0.2) is 33.6 Å². The molecular formula is C19H18N4O3. The Labute approximate surface area is 149 Å². The standard InChI is InChI=1S/C19H18N4O3/c24-18(21-10-8-14-5-3-4-9-20-14)17(23-19(25)26)11-13-12-22-16-7-2-1-6-15(13)16/h1-7,9,11-12,22-23H,8,10H2,(H,21,24)(H,25,26)/b17-11+. The number of benzene rings is 1. The molecule has 4 N–H and O–H groups in total. The number of carboxylic acid groups (broad SMARTS) is 1. The molecule has 1 aromatic carbocycles. The molecule has 0 aliphatic rings. The number of aromatic nitrogens is 2. The van der Waals surface area contributed by atoms with Crippen molar-refractivity contribution in [2.75, 3.05) is 6.54 Å². The fourth-order valence-electron chi connectivity index (χ4n) is 2.59. The lowest BCUT2D eigenvalue weighted by molar-refractivity contribution is -0.117. The monoisotopic (exact) mass is 350 g/mol. The molecule has 0 saturated heterocycles. The molecule has 2 heterocycles. The van der Waals surface area contributed by atoms with Crippen molar-refractivity contribution in [3.63, 3.8) is 0 Å². The van der Waals surface area contributed by atoms with Crippen LogP contribution in [0.5, 0.6) is 0 Å². The van der Waals surface area contributed by atoms with Crippen LogP contribution in [0.25, 0.3) is 17.0 Å². The number of aromatic amines is 1. The molecule has 2 aromatic heterocycles. The second-order valence-electron chi connectivity index (χ2n) is 5.60. The molecule has 0 saturated carbocycles. The summed E-state index contributed by atoms with van der Waals surface area (Å²) in [6, 6.07) is 13.1. The lowest BCUT2D eigenvalue weighted by atomic mass is 10.1. The number of amides is 2. The third kappa shape index (κ3) is 4.27. The number of fused-ring (bicyclic) bond motifs is 1. The molecule has 3 aromatic rings. The van der Waals surface area contributed by atoms with Gasteiger partial charge in [-0.3, -0.25) is 15.1 Å². The second-order valence-corrected chi connectivity index (χ2v) is 5.60. The Morgan fingerprint density at radius 2 is 1.96 bits per heavy atom. The number of hydrogen-bond acceptors (Lipinski definition) is 3. The summed E-state index contributed by atoms with van der Waals surface area (Å²) in [7, 11) is 0. The van der Waals surface area contributed by atoms with E-state index in [1.165, 1.54) is 6.08 Å². The summed E-state index contributed by atoms with van der Waals surface area (Å²) < 4.78 is 0. The molecule has 0 bridgehead atoms. The zero-order valence-corrected chi connectivity index (χ0v) is 13.9. The number of H-pyrrole nitrogens is 1. The van der Waals surface area contributed by atoms with E-state index >= 15 is 0 Å². The first kappa shape index (κ1) is 17.2. The summed E-state index contributed by atoms with van der Waals surface area (Å²) in [6.45, 7) is 0.350. The van der Waals surface area contributed by atoms with Crippen LogP contribution in [0, 0.1) is 0 Å². The van der Waals surface area contributed by atoms with Gasteiger partial charge in [0.1, 0.15) is 5.70 Å². The number of para-hydroxylation sites is 1. The molecule has 3 rings (SSSR count). The maximum absolute atomic E-state index is 12.4. The molecule has 0 aliphatic heterocycles. The highest BCUT2D eigenvalue weighted by molar-refractivity contribution is 6.02. The molecular weight excluding hydrogens is 332 g/mol. The van der Waals surface area contributed by atoms with Gasteiger partial charge in [-0.1, -0.05) is 24.3 Å². The van der Waals surface area contributed by atoms with Gasteiger partial charge in [0.05, 0.1) is 0 Å². The van der Waals surface area contributed by atoms with Gasteiger partial charge in [0.25, 0.3) is 5.91 Å². The van der Waals surface area contributed by atoms with E-state index in [4.69, 9.17) is 5.11 Å². The van der Waals surface area contributed by atoms with Crippen LogP contribution in [0.1, 0.15) is 11.3 Å². The van der Waals surface area contributed by atoms with E-state index < -0.39 is 12.0 Å². The van der Waals surface area contributed by atoms with Gasteiger partial charge < -0.3 is 15.4 Å². The third-order valence-corrected chi connectivity index (χ3v) is 3.80. The predicted octanol–water partition coefficient (Wildman–Crippen LogP) is 2.53. The maximum Gasteiger partial charge on any atom is 0.409 e. The van der Waals surface area contributed by atoms with Crippen molar-refractivity contribution in [2.24, 2.45) is 0 Å². The zero-order chi connectivity index (χ0) is 18.4. The Hall–Kier alpha value is -3.61. The minimum atomic E-state index is -1.30. The highest BCUT2D eigenvalue weighted by Crippen LogP contribution is 2.19. The topological polar surface area (TPSA) is 107 Å². The van der Waals surface area contributed by atoms with E-state index in [0.717, 1.165) is 22.2 Å². The van der Waals surface area contributed by atoms with E-state index in [0.29, 0.717) is 13.0 Å². The van der Waals surface area contributed by atoms with E-state index in [-0.39, 0.29) is 5.70 Å². The Bertz CT molecular complexity index is 948. The number of carbonyl (C=O) groups is 2. The van der Waals surface area contributed by atoms with Crippen LogP contribution in [-0.2, 0) is 11.2 Å². The van der Waals surface area contributed by atoms with Crippen molar-refractivity contribution in [1.82, 2.24) is 20.6 Å². The third-order valence-electron chi connectivity index (χ3n) is 3.80. The molecule has 0 unspecified atom stereocenters. The minimum absolute atomic E-state index is 0.0386. The van der Waals surface area contributed by atoms with E-state index in [2.05, 4.69) is 20.6 Å². The summed E-state index contributed by atoms with van der Waals surface area (Å²) in [5.74, 6) is -0.492. The van der Waals surface area contributed by atoms with Crippen LogP contribution in [0.3, 0.4) is 0 Å². The van der Waals surface area contributed by atoms with Gasteiger partial charge in [-0.05, 0) is 24.3 Å². The Morgan fingerprint density at radius 1 is 1.15 bits per heavy atom. The number of rotatable bonds is 6. The van der Waals surface area contributed by atoms with Crippen molar-refractivity contribution in [2.45, 2.75) is 6.42 Å². The molecule has 0 radical (unpaired) electrons.